The monoisotopic (exact) mass is 275 g/mol. The molecule has 4 nitrogen and oxygen atoms in total. The zero-order chi connectivity index (χ0) is 13.5. The Kier molecular flexibility index (Phi) is 3.29. The molecule has 3 saturated carbocycles. The molecule has 0 aromatic carbocycles. The zero-order valence-corrected chi connectivity index (χ0v) is 12.1. The maximum absolute atomic E-state index is 6.31. The van der Waals surface area contributed by atoms with Crippen LogP contribution in [0.3, 0.4) is 0 Å². The molecule has 1 heterocycles. The smallest absolute Gasteiger partial charge is 0.228 e. The molecule has 3 aliphatic rings. The maximum Gasteiger partial charge on any atom is 0.228 e. The van der Waals surface area contributed by atoms with Gasteiger partial charge in [0.1, 0.15) is 0 Å². The van der Waals surface area contributed by atoms with E-state index in [-0.39, 0.29) is 6.04 Å². The third kappa shape index (κ3) is 2.28. The summed E-state index contributed by atoms with van der Waals surface area (Å²) < 4.78 is 5.47. The number of nitrogens with zero attached hydrogens (tertiary/aromatic N) is 2. The Morgan fingerprint density at radius 3 is 2.70 bits per heavy atom. The fraction of sp³-hybridized carbons (Fsp3) is 0.875. The van der Waals surface area contributed by atoms with E-state index in [0.717, 1.165) is 30.0 Å². The van der Waals surface area contributed by atoms with Gasteiger partial charge in [-0.15, -0.1) is 0 Å². The Balaban J connectivity index is 1.40. The van der Waals surface area contributed by atoms with Crippen molar-refractivity contribution in [2.45, 2.75) is 69.7 Å². The predicted molar refractivity (Wildman–Crippen MR) is 76.1 cm³/mol. The van der Waals surface area contributed by atoms with Crippen molar-refractivity contribution in [1.29, 1.82) is 0 Å². The highest BCUT2D eigenvalue weighted by atomic mass is 16.5. The number of hydrogen-bond acceptors (Lipinski definition) is 4. The first kappa shape index (κ1) is 12.8. The Morgan fingerprint density at radius 1 is 1.15 bits per heavy atom. The van der Waals surface area contributed by atoms with Crippen LogP contribution in [0.25, 0.3) is 0 Å². The van der Waals surface area contributed by atoms with Crippen molar-refractivity contribution in [3.05, 3.63) is 11.7 Å². The molecule has 1 aromatic heterocycles. The van der Waals surface area contributed by atoms with Crippen molar-refractivity contribution in [1.82, 2.24) is 10.1 Å². The molecule has 1 aromatic rings. The second-order valence-corrected chi connectivity index (χ2v) is 7.24. The van der Waals surface area contributed by atoms with Gasteiger partial charge >= 0.3 is 0 Å². The van der Waals surface area contributed by atoms with E-state index in [2.05, 4.69) is 10.1 Å². The molecule has 2 N–H and O–H groups in total. The van der Waals surface area contributed by atoms with Gasteiger partial charge in [0.2, 0.25) is 5.89 Å². The Bertz CT molecular complexity index is 466. The Hall–Kier alpha value is -0.900. The van der Waals surface area contributed by atoms with Crippen LogP contribution >= 0.6 is 0 Å². The van der Waals surface area contributed by atoms with Crippen LogP contribution in [-0.4, -0.2) is 16.2 Å². The second-order valence-electron chi connectivity index (χ2n) is 7.24. The summed E-state index contributed by atoms with van der Waals surface area (Å²) in [6.07, 6.45) is 11.4. The molecular weight excluding hydrogens is 250 g/mol. The molecule has 0 aliphatic heterocycles. The first-order chi connectivity index (χ1) is 9.79. The fourth-order valence-electron chi connectivity index (χ4n) is 4.82. The molecule has 2 bridgehead atoms. The maximum atomic E-state index is 6.31. The van der Waals surface area contributed by atoms with Gasteiger partial charge in [0.15, 0.2) is 5.82 Å². The first-order valence-electron chi connectivity index (χ1n) is 8.37. The van der Waals surface area contributed by atoms with Crippen LogP contribution in [0.1, 0.15) is 69.0 Å². The van der Waals surface area contributed by atoms with Gasteiger partial charge in [-0.3, -0.25) is 0 Å². The van der Waals surface area contributed by atoms with E-state index in [1.54, 1.807) is 0 Å². The van der Waals surface area contributed by atoms with Gasteiger partial charge in [-0.25, -0.2) is 0 Å². The molecule has 4 unspecified atom stereocenters. The van der Waals surface area contributed by atoms with E-state index in [0.29, 0.717) is 11.8 Å². The standard InChI is InChI=1S/C16H25N3O/c17-14(11-3-1-2-4-11)9-15-18-16(19-20-15)13-8-10-5-6-12(13)7-10/h10-14H,1-9,17H2. The molecule has 0 spiro atoms. The third-order valence-electron chi connectivity index (χ3n) is 5.97. The van der Waals surface area contributed by atoms with Gasteiger partial charge in [0.05, 0.1) is 0 Å². The average molecular weight is 275 g/mol. The molecule has 20 heavy (non-hydrogen) atoms. The predicted octanol–water partition coefficient (Wildman–Crippen LogP) is 3.03. The molecular formula is C16H25N3O. The summed E-state index contributed by atoms with van der Waals surface area (Å²) in [4.78, 5) is 4.66. The van der Waals surface area contributed by atoms with Crippen LogP contribution in [-0.2, 0) is 6.42 Å². The second kappa shape index (κ2) is 5.14. The minimum atomic E-state index is 0.200. The van der Waals surface area contributed by atoms with Crippen LogP contribution in [0.4, 0.5) is 0 Å². The van der Waals surface area contributed by atoms with E-state index in [1.165, 1.54) is 51.4 Å². The average Bonchev–Trinajstić information content (AvgIpc) is 3.22. The van der Waals surface area contributed by atoms with Crippen molar-refractivity contribution < 1.29 is 4.52 Å². The Morgan fingerprint density at radius 2 is 2.00 bits per heavy atom. The van der Waals surface area contributed by atoms with E-state index in [9.17, 15) is 0 Å². The van der Waals surface area contributed by atoms with Crippen LogP contribution in [0.5, 0.6) is 0 Å². The SMILES string of the molecule is NC(Cc1nc(C2CC3CCC2C3)no1)C1CCCC1. The highest BCUT2D eigenvalue weighted by Gasteiger charge is 2.42. The van der Waals surface area contributed by atoms with Crippen molar-refractivity contribution in [3.63, 3.8) is 0 Å². The molecule has 0 saturated heterocycles. The van der Waals surface area contributed by atoms with Crippen LogP contribution in [0.2, 0.25) is 0 Å². The topological polar surface area (TPSA) is 64.9 Å². The van der Waals surface area contributed by atoms with Crippen molar-refractivity contribution in [2.75, 3.05) is 0 Å². The molecule has 4 heteroatoms. The van der Waals surface area contributed by atoms with Crippen LogP contribution in [0, 0.1) is 17.8 Å². The van der Waals surface area contributed by atoms with Gasteiger partial charge in [0.25, 0.3) is 0 Å². The summed E-state index contributed by atoms with van der Waals surface area (Å²) in [6.45, 7) is 0. The first-order valence-corrected chi connectivity index (χ1v) is 8.37. The zero-order valence-electron chi connectivity index (χ0n) is 12.1. The molecule has 0 radical (unpaired) electrons. The van der Waals surface area contributed by atoms with Gasteiger partial charge in [-0.2, -0.15) is 4.98 Å². The lowest BCUT2D eigenvalue weighted by Gasteiger charge is -2.17. The molecule has 3 fully saturated rings. The normalized spacial score (nSPS) is 35.0. The van der Waals surface area contributed by atoms with Crippen molar-refractivity contribution in [2.24, 2.45) is 23.5 Å². The van der Waals surface area contributed by atoms with Crippen molar-refractivity contribution in [3.8, 4) is 0 Å². The van der Waals surface area contributed by atoms with Crippen molar-refractivity contribution >= 4 is 0 Å². The minimum Gasteiger partial charge on any atom is -0.339 e. The molecule has 3 aliphatic carbocycles. The Labute approximate surface area is 120 Å². The lowest BCUT2D eigenvalue weighted by atomic mass is 9.88. The van der Waals surface area contributed by atoms with E-state index in [4.69, 9.17) is 10.3 Å². The number of rotatable bonds is 4. The minimum absolute atomic E-state index is 0.200. The molecule has 0 amide bonds. The molecule has 4 atom stereocenters. The van der Waals surface area contributed by atoms with Crippen LogP contribution < -0.4 is 5.73 Å². The number of aromatic nitrogens is 2. The van der Waals surface area contributed by atoms with Crippen LogP contribution in [0.15, 0.2) is 4.52 Å². The number of nitrogens with two attached hydrogens (primary N) is 1. The summed E-state index contributed by atoms with van der Waals surface area (Å²) in [5, 5.41) is 4.25. The van der Waals surface area contributed by atoms with E-state index >= 15 is 0 Å². The fourth-order valence-corrected chi connectivity index (χ4v) is 4.82. The summed E-state index contributed by atoms with van der Waals surface area (Å²) in [6, 6.07) is 0.200. The largest absolute Gasteiger partial charge is 0.339 e. The van der Waals surface area contributed by atoms with E-state index < -0.39 is 0 Å². The summed E-state index contributed by atoms with van der Waals surface area (Å²) in [5.74, 6) is 4.69. The number of hydrogen-bond donors (Lipinski definition) is 1. The van der Waals surface area contributed by atoms with Gasteiger partial charge < -0.3 is 10.3 Å². The highest BCUT2D eigenvalue weighted by molar-refractivity contribution is 5.06. The quantitative estimate of drug-likeness (QED) is 0.917. The summed E-state index contributed by atoms with van der Waals surface area (Å²) in [7, 11) is 0. The number of fused-ring (bicyclic) bond motifs is 2. The summed E-state index contributed by atoms with van der Waals surface area (Å²) >= 11 is 0. The lowest BCUT2D eigenvalue weighted by Crippen LogP contribution is -2.30. The third-order valence-corrected chi connectivity index (χ3v) is 5.97. The lowest BCUT2D eigenvalue weighted by molar-refractivity contribution is 0.330. The highest BCUT2D eigenvalue weighted by Crippen LogP contribution is 2.52. The van der Waals surface area contributed by atoms with Gasteiger partial charge in [-0.1, -0.05) is 24.4 Å². The van der Waals surface area contributed by atoms with Gasteiger partial charge in [-0.05, 0) is 49.9 Å². The molecule has 4 rings (SSSR count). The van der Waals surface area contributed by atoms with E-state index in [1.807, 2.05) is 0 Å². The van der Waals surface area contributed by atoms with Gasteiger partial charge in [0, 0.05) is 18.4 Å². The summed E-state index contributed by atoms with van der Waals surface area (Å²) in [5.41, 5.74) is 6.31. The molecule has 110 valence electrons.